The van der Waals surface area contributed by atoms with E-state index >= 15 is 0 Å². The molecule has 1 saturated carbocycles. The van der Waals surface area contributed by atoms with Crippen molar-refractivity contribution in [2.24, 2.45) is 11.8 Å². The Morgan fingerprint density at radius 2 is 2.05 bits per heavy atom. The van der Waals surface area contributed by atoms with Gasteiger partial charge in [-0.25, -0.2) is 4.39 Å². The van der Waals surface area contributed by atoms with E-state index in [1.165, 1.54) is 12.1 Å². The van der Waals surface area contributed by atoms with Crippen molar-refractivity contribution in [3.05, 3.63) is 35.6 Å². The molecule has 21 heavy (non-hydrogen) atoms. The molecule has 4 unspecified atom stereocenters. The molecule has 1 heterocycles. The fourth-order valence-corrected chi connectivity index (χ4v) is 3.40. The zero-order chi connectivity index (χ0) is 15.0. The van der Waals surface area contributed by atoms with E-state index in [4.69, 9.17) is 0 Å². The number of halogens is 1. The number of nitrogens with zero attached hydrogens (tertiary/aromatic N) is 1. The molecule has 4 heteroatoms. The van der Waals surface area contributed by atoms with Crippen molar-refractivity contribution in [3.8, 4) is 0 Å². The van der Waals surface area contributed by atoms with Crippen LogP contribution in [-0.2, 0) is 4.79 Å². The van der Waals surface area contributed by atoms with E-state index in [1.54, 1.807) is 12.1 Å². The molecule has 1 aliphatic heterocycles. The fourth-order valence-electron chi connectivity index (χ4n) is 3.40. The summed E-state index contributed by atoms with van der Waals surface area (Å²) in [6.45, 7) is 2.91. The highest BCUT2D eigenvalue weighted by molar-refractivity contribution is 5.83. The number of carbonyl (C=O) groups is 1. The van der Waals surface area contributed by atoms with Gasteiger partial charge in [0.1, 0.15) is 5.82 Å². The minimum atomic E-state index is -0.238. The van der Waals surface area contributed by atoms with Gasteiger partial charge >= 0.3 is 0 Å². The lowest BCUT2D eigenvalue weighted by molar-refractivity contribution is -0.137. The normalized spacial score (nSPS) is 32.0. The first-order valence-electron chi connectivity index (χ1n) is 7.77. The second kappa shape index (κ2) is 5.76. The smallest absolute Gasteiger partial charge is 0.226 e. The lowest BCUT2D eigenvalue weighted by Crippen LogP contribution is -2.47. The van der Waals surface area contributed by atoms with E-state index in [2.05, 4.69) is 6.92 Å². The summed E-state index contributed by atoms with van der Waals surface area (Å²) in [5.41, 5.74) is 1.05. The zero-order valence-electron chi connectivity index (χ0n) is 12.3. The summed E-state index contributed by atoms with van der Waals surface area (Å²) in [5.74, 6) is 0.455. The van der Waals surface area contributed by atoms with Crippen molar-refractivity contribution >= 4 is 5.91 Å². The van der Waals surface area contributed by atoms with Crippen LogP contribution in [0.5, 0.6) is 0 Å². The molecule has 114 valence electrons. The van der Waals surface area contributed by atoms with Gasteiger partial charge in [-0.15, -0.1) is 0 Å². The van der Waals surface area contributed by atoms with E-state index in [0.717, 1.165) is 24.8 Å². The van der Waals surface area contributed by atoms with Gasteiger partial charge in [0.25, 0.3) is 0 Å². The van der Waals surface area contributed by atoms with Crippen LogP contribution >= 0.6 is 0 Å². The SMILES string of the molecule is CC1CCC(CO)CN1C(=O)C1CC1c1ccc(F)cc1. The quantitative estimate of drug-likeness (QED) is 0.929. The molecular formula is C17H22FNO2. The van der Waals surface area contributed by atoms with Crippen LogP contribution in [0.4, 0.5) is 4.39 Å². The largest absolute Gasteiger partial charge is 0.396 e. The van der Waals surface area contributed by atoms with E-state index in [-0.39, 0.29) is 42.1 Å². The molecule has 3 rings (SSSR count). The molecular weight excluding hydrogens is 269 g/mol. The molecule has 2 aliphatic rings. The summed E-state index contributed by atoms with van der Waals surface area (Å²) in [7, 11) is 0. The van der Waals surface area contributed by atoms with Crippen LogP contribution in [-0.4, -0.2) is 35.1 Å². The molecule has 4 atom stereocenters. The van der Waals surface area contributed by atoms with E-state index < -0.39 is 0 Å². The molecule has 1 saturated heterocycles. The molecule has 3 nitrogen and oxygen atoms in total. The van der Waals surface area contributed by atoms with Crippen molar-refractivity contribution in [2.45, 2.75) is 38.1 Å². The third-order valence-corrected chi connectivity index (χ3v) is 4.93. The van der Waals surface area contributed by atoms with Crippen LogP contribution in [0.3, 0.4) is 0 Å². The minimum absolute atomic E-state index is 0.0374. The molecule has 0 spiro atoms. The number of benzene rings is 1. The lowest BCUT2D eigenvalue weighted by atomic mass is 9.93. The highest BCUT2D eigenvalue weighted by Crippen LogP contribution is 2.49. The number of hydrogen-bond donors (Lipinski definition) is 1. The average molecular weight is 291 g/mol. The highest BCUT2D eigenvalue weighted by atomic mass is 19.1. The second-order valence-electron chi connectivity index (χ2n) is 6.47. The maximum atomic E-state index is 13.0. The summed E-state index contributed by atoms with van der Waals surface area (Å²) in [5, 5.41) is 9.31. The first-order chi connectivity index (χ1) is 10.1. The van der Waals surface area contributed by atoms with Gasteiger partial charge in [0.15, 0.2) is 0 Å². The van der Waals surface area contributed by atoms with E-state index in [9.17, 15) is 14.3 Å². The Bertz CT molecular complexity index is 516. The Labute approximate surface area is 124 Å². The van der Waals surface area contributed by atoms with Crippen LogP contribution in [0.25, 0.3) is 0 Å². The number of amides is 1. The molecule has 1 aromatic rings. The number of likely N-dealkylation sites (tertiary alicyclic amines) is 1. The third-order valence-electron chi connectivity index (χ3n) is 4.93. The van der Waals surface area contributed by atoms with Gasteiger partial charge in [-0.2, -0.15) is 0 Å². The Morgan fingerprint density at radius 3 is 2.71 bits per heavy atom. The highest BCUT2D eigenvalue weighted by Gasteiger charge is 2.47. The Hall–Kier alpha value is -1.42. The number of piperidine rings is 1. The van der Waals surface area contributed by atoms with Crippen molar-refractivity contribution < 1.29 is 14.3 Å². The van der Waals surface area contributed by atoms with Gasteiger partial charge in [0.05, 0.1) is 0 Å². The number of aliphatic hydroxyl groups excluding tert-OH is 1. The number of aliphatic hydroxyl groups is 1. The Kier molecular flexibility index (Phi) is 3.98. The van der Waals surface area contributed by atoms with Gasteiger partial charge in [-0.3, -0.25) is 4.79 Å². The second-order valence-corrected chi connectivity index (χ2v) is 6.47. The van der Waals surface area contributed by atoms with Crippen LogP contribution in [0.2, 0.25) is 0 Å². The molecule has 1 aromatic carbocycles. The molecule has 1 aliphatic carbocycles. The van der Waals surface area contributed by atoms with Crippen molar-refractivity contribution in [1.82, 2.24) is 4.90 Å². The topological polar surface area (TPSA) is 40.5 Å². The molecule has 0 radical (unpaired) electrons. The van der Waals surface area contributed by atoms with Crippen LogP contribution in [0, 0.1) is 17.7 Å². The minimum Gasteiger partial charge on any atom is -0.396 e. The van der Waals surface area contributed by atoms with Crippen LogP contribution < -0.4 is 0 Å². The summed E-state index contributed by atoms with van der Waals surface area (Å²) in [6.07, 6.45) is 2.82. The van der Waals surface area contributed by atoms with Gasteiger partial charge in [0.2, 0.25) is 5.91 Å². The first kappa shape index (κ1) is 14.5. The summed E-state index contributed by atoms with van der Waals surface area (Å²) < 4.78 is 13.0. The zero-order valence-corrected chi connectivity index (χ0v) is 12.3. The van der Waals surface area contributed by atoms with Crippen molar-refractivity contribution in [1.29, 1.82) is 0 Å². The van der Waals surface area contributed by atoms with Crippen molar-refractivity contribution in [2.75, 3.05) is 13.2 Å². The van der Waals surface area contributed by atoms with Crippen LogP contribution in [0.15, 0.2) is 24.3 Å². The standard InChI is InChI=1S/C17H22FNO2/c1-11-2-3-12(10-20)9-19(11)17(21)16-8-15(16)13-4-6-14(18)7-5-13/h4-7,11-12,15-16,20H,2-3,8-10H2,1H3. The first-order valence-corrected chi connectivity index (χ1v) is 7.77. The molecule has 0 bridgehead atoms. The number of rotatable bonds is 3. The van der Waals surface area contributed by atoms with E-state index in [0.29, 0.717) is 6.54 Å². The lowest BCUT2D eigenvalue weighted by Gasteiger charge is -2.37. The molecule has 2 fully saturated rings. The predicted molar refractivity (Wildman–Crippen MR) is 78.2 cm³/mol. The van der Waals surface area contributed by atoms with Gasteiger partial charge in [0, 0.05) is 25.1 Å². The van der Waals surface area contributed by atoms with Gasteiger partial charge in [-0.05, 0) is 55.7 Å². The summed E-state index contributed by atoms with van der Waals surface area (Å²) in [4.78, 5) is 14.6. The summed E-state index contributed by atoms with van der Waals surface area (Å²) >= 11 is 0. The van der Waals surface area contributed by atoms with Gasteiger partial charge < -0.3 is 10.0 Å². The van der Waals surface area contributed by atoms with E-state index in [1.807, 2.05) is 4.90 Å². The molecule has 1 amide bonds. The predicted octanol–water partition coefficient (Wildman–Crippen LogP) is 2.55. The number of carbonyl (C=O) groups excluding carboxylic acids is 1. The molecule has 1 N–H and O–H groups in total. The van der Waals surface area contributed by atoms with Crippen molar-refractivity contribution in [3.63, 3.8) is 0 Å². The summed E-state index contributed by atoms with van der Waals surface area (Å²) in [6, 6.07) is 6.74. The third kappa shape index (κ3) is 2.95. The average Bonchev–Trinajstić information content (AvgIpc) is 3.28. The Morgan fingerprint density at radius 1 is 1.33 bits per heavy atom. The van der Waals surface area contributed by atoms with Crippen LogP contribution in [0.1, 0.15) is 37.7 Å². The number of hydrogen-bond acceptors (Lipinski definition) is 2. The fraction of sp³-hybridized carbons (Fsp3) is 0.588. The van der Waals surface area contributed by atoms with Gasteiger partial charge in [-0.1, -0.05) is 12.1 Å². The maximum absolute atomic E-state index is 13.0. The maximum Gasteiger partial charge on any atom is 0.226 e. The monoisotopic (exact) mass is 291 g/mol. The Balaban J connectivity index is 1.65. The molecule has 0 aromatic heterocycles.